The highest BCUT2D eigenvalue weighted by atomic mass is 16.3. The largest absolute Gasteiger partial charge is 0.506 e. The molecule has 0 atom stereocenters. The van der Waals surface area contributed by atoms with Crippen molar-refractivity contribution in [3.8, 4) is 67.5 Å². The fraction of sp³-hybridized carbons (Fsp3) is 0.340. The minimum atomic E-state index is -0.365. The molecule has 0 bridgehead atoms. The lowest BCUT2D eigenvalue weighted by Gasteiger charge is -2.08. The number of carbonyl (C=O) groups excluding carboxylic acids is 4. The molecule has 0 saturated heterocycles. The van der Waals surface area contributed by atoms with E-state index in [0.717, 1.165) is 176 Å². The van der Waals surface area contributed by atoms with Crippen molar-refractivity contribution in [3.05, 3.63) is 244 Å². The zero-order valence-corrected chi connectivity index (χ0v) is 67.1. The molecule has 0 spiro atoms. The molecule has 12 N–H and O–H groups in total. The first kappa shape index (κ1) is 79.8. The molecule has 0 unspecified atom stereocenters. The summed E-state index contributed by atoms with van der Waals surface area (Å²) in [4.78, 5) is 85.7. The van der Waals surface area contributed by atoms with Gasteiger partial charge in [0.1, 0.15) is 23.0 Å². The number of aromatic nitrogens is 8. The van der Waals surface area contributed by atoms with Crippen LogP contribution in [0.4, 0.5) is 0 Å². The van der Waals surface area contributed by atoms with Gasteiger partial charge in [0, 0.05) is 70.9 Å². The molecular weight excluding hydrogens is 1370 g/mol. The van der Waals surface area contributed by atoms with Crippen LogP contribution < -0.4 is 0 Å². The standard InChI is InChI=1S/C94H110N8O8/c1-17-51-49-95-87(59(51)19-3)73(103)45-75(105)89-67(27-11)61(21-5)81(97-89)53-36-33-38-55(42-53)83-63(23-7)69(29-13)91(99-83)77(107)47-79(109)93-71(31-15)65(25-9)85(101-93)57-40-35-41-58(44-57)86-66(26-10)72(32-16)94(102-86)80(110)48-78(108)92-70(30-14)64(24-8)84(100-92)56-39-34-37-54(43-56)82-62(22-6)68(28-12)90(98-82)76(106)46-74(104)88-60(20-4)52(18-2)50-96-88/h33-50,95-104,107,110H,17-32H2,1-16H3/b73-45-,74-46-,77-47-,80-48-. The molecule has 0 amide bonds. The molecule has 11 aromatic rings. The second-order valence-electron chi connectivity index (χ2n) is 28.3. The third-order valence-corrected chi connectivity index (χ3v) is 22.6. The lowest BCUT2D eigenvalue weighted by Crippen LogP contribution is -2.02. The van der Waals surface area contributed by atoms with E-state index in [0.29, 0.717) is 129 Å². The first-order valence-corrected chi connectivity index (χ1v) is 40.1. The molecule has 0 aliphatic heterocycles. The van der Waals surface area contributed by atoms with Gasteiger partial charge in [-0.2, -0.15) is 0 Å². The van der Waals surface area contributed by atoms with Gasteiger partial charge in [0.2, 0.25) is 23.1 Å². The van der Waals surface area contributed by atoms with Crippen LogP contribution >= 0.6 is 0 Å². The maximum Gasteiger partial charge on any atom is 0.206 e. The van der Waals surface area contributed by atoms with E-state index in [1.54, 1.807) is 0 Å². The van der Waals surface area contributed by atoms with Gasteiger partial charge >= 0.3 is 0 Å². The van der Waals surface area contributed by atoms with Gasteiger partial charge in [0.15, 0.2) is 0 Å². The normalized spacial score (nSPS) is 12.4. The predicted molar refractivity (Wildman–Crippen MR) is 449 cm³/mol. The Balaban J connectivity index is 0.867. The Morgan fingerprint density at radius 3 is 0.618 bits per heavy atom. The van der Waals surface area contributed by atoms with Gasteiger partial charge in [-0.3, -0.25) is 19.2 Å². The van der Waals surface area contributed by atoms with Crippen molar-refractivity contribution in [2.45, 2.75) is 214 Å². The summed E-state index contributed by atoms with van der Waals surface area (Å²) < 4.78 is 0. The maximum atomic E-state index is 14.9. The van der Waals surface area contributed by atoms with Crippen molar-refractivity contribution in [3.63, 3.8) is 0 Å². The fourth-order valence-corrected chi connectivity index (χ4v) is 17.4. The van der Waals surface area contributed by atoms with Crippen LogP contribution in [0.15, 0.2) is 109 Å². The van der Waals surface area contributed by atoms with Crippen molar-refractivity contribution in [2.24, 2.45) is 0 Å². The van der Waals surface area contributed by atoms with Gasteiger partial charge in [-0.15, -0.1) is 0 Å². The minimum absolute atomic E-state index is 0.0940. The summed E-state index contributed by atoms with van der Waals surface area (Å²) in [5.74, 6) is -1.89. The molecule has 16 nitrogen and oxygen atoms in total. The second kappa shape index (κ2) is 34.5. The number of aryl methyl sites for hydroxylation is 2. The molecule has 574 valence electrons. The molecular formula is C94H110N8O8. The van der Waals surface area contributed by atoms with Crippen LogP contribution in [0.1, 0.15) is 265 Å². The number of rotatable bonds is 34. The Labute approximate surface area is 647 Å². The first-order chi connectivity index (χ1) is 53.2. The van der Waals surface area contributed by atoms with Crippen molar-refractivity contribution >= 4 is 46.2 Å². The SMILES string of the molecule is CCc1c[nH]c(/C(O)=C/C(=O)c2[nH]c(-c3cccc(-c4[nH]c(C(=O)/C=C(\O)c5[nH]c(-c6cccc(-c7[nH]c(C(=O)/C=C(\O)c8[nH]c(-c9cccc(-c%10[nH]c(C(=O)/C=C(\O)c%11[nH]cc(CC)c%11CC)c(CC)c%10CC)c9)c(CC)c8CC)c(CC)c7CC)c6)c(CC)c5CC)c(CC)c4CC)c3)c(CC)c2CC)c1CC. The van der Waals surface area contributed by atoms with Crippen LogP contribution in [0.3, 0.4) is 0 Å². The van der Waals surface area contributed by atoms with Gasteiger partial charge in [0.25, 0.3) is 0 Å². The van der Waals surface area contributed by atoms with E-state index in [1.165, 1.54) is 24.3 Å². The number of aliphatic hydroxyl groups excluding tert-OH is 4. The number of H-pyrrole nitrogens is 8. The number of ketones is 4. The third kappa shape index (κ3) is 14.8. The summed E-state index contributed by atoms with van der Waals surface area (Å²) >= 11 is 0. The van der Waals surface area contributed by atoms with Crippen molar-refractivity contribution in [1.29, 1.82) is 0 Å². The van der Waals surface area contributed by atoms with Crippen molar-refractivity contribution in [1.82, 2.24) is 39.9 Å². The average molecular weight is 1480 g/mol. The summed E-state index contributed by atoms with van der Waals surface area (Å²) in [7, 11) is 0. The van der Waals surface area contributed by atoms with Gasteiger partial charge < -0.3 is 60.3 Å². The van der Waals surface area contributed by atoms with E-state index >= 15 is 0 Å². The summed E-state index contributed by atoms with van der Waals surface area (Å²) in [6.07, 6.45) is 19.5. The van der Waals surface area contributed by atoms with Gasteiger partial charge in [0.05, 0.1) is 45.6 Å². The number of carbonyl (C=O) groups is 4. The number of hydrogen-bond acceptors (Lipinski definition) is 8. The second-order valence-corrected chi connectivity index (χ2v) is 28.3. The molecule has 0 radical (unpaired) electrons. The lowest BCUT2D eigenvalue weighted by atomic mass is 9.95. The van der Waals surface area contributed by atoms with E-state index in [4.69, 9.17) is 0 Å². The number of aromatic amines is 8. The Kier molecular flexibility index (Phi) is 25.0. The average Bonchev–Trinajstić information content (AvgIpc) is 1.62. The molecule has 8 aromatic heterocycles. The highest BCUT2D eigenvalue weighted by molar-refractivity contribution is 6.11. The molecule has 0 saturated carbocycles. The van der Waals surface area contributed by atoms with Gasteiger partial charge in [-0.05, 0) is 243 Å². The molecule has 3 aromatic carbocycles. The highest BCUT2D eigenvalue weighted by Crippen LogP contribution is 2.42. The molecule has 110 heavy (non-hydrogen) atoms. The third-order valence-electron chi connectivity index (χ3n) is 22.6. The molecule has 8 heterocycles. The molecule has 0 aliphatic carbocycles. The first-order valence-electron chi connectivity index (χ1n) is 40.1. The highest BCUT2D eigenvalue weighted by Gasteiger charge is 2.30. The predicted octanol–water partition coefficient (Wildman–Crippen LogP) is 22.4. The molecule has 0 fully saturated rings. The van der Waals surface area contributed by atoms with E-state index in [1.807, 2.05) is 122 Å². The summed E-state index contributed by atoms with van der Waals surface area (Å²) in [5.41, 5.74) is 29.5. The topological polar surface area (TPSA) is 276 Å². The quantitative estimate of drug-likeness (QED) is 0.0104. The smallest absolute Gasteiger partial charge is 0.206 e. The number of hydrogen-bond donors (Lipinski definition) is 12. The van der Waals surface area contributed by atoms with E-state index in [-0.39, 0.29) is 46.2 Å². The number of aliphatic hydroxyl groups is 4. The Morgan fingerprint density at radius 2 is 0.427 bits per heavy atom. The van der Waals surface area contributed by atoms with Crippen LogP contribution in [0, 0.1) is 0 Å². The summed E-state index contributed by atoms with van der Waals surface area (Å²) in [6.45, 7) is 33.0. The summed E-state index contributed by atoms with van der Waals surface area (Å²) in [6, 6.07) is 24.4. The maximum absolute atomic E-state index is 14.9. The lowest BCUT2D eigenvalue weighted by molar-refractivity contribution is 0.103. The summed E-state index contributed by atoms with van der Waals surface area (Å²) in [5, 5.41) is 47.2. The van der Waals surface area contributed by atoms with Crippen LogP contribution in [0.2, 0.25) is 0 Å². The van der Waals surface area contributed by atoms with Gasteiger partial charge in [-0.1, -0.05) is 165 Å². The van der Waals surface area contributed by atoms with Crippen LogP contribution in [-0.2, 0) is 103 Å². The Morgan fingerprint density at radius 1 is 0.245 bits per heavy atom. The molecule has 11 rings (SSSR count). The van der Waals surface area contributed by atoms with Crippen molar-refractivity contribution in [2.75, 3.05) is 0 Å². The monoisotopic (exact) mass is 1480 g/mol. The number of allylic oxidation sites excluding steroid dienone is 4. The van der Waals surface area contributed by atoms with Crippen molar-refractivity contribution < 1.29 is 39.6 Å². The number of nitrogens with one attached hydrogen (secondary N) is 8. The van der Waals surface area contributed by atoms with E-state index < -0.39 is 0 Å². The zero-order valence-electron chi connectivity index (χ0n) is 67.1. The van der Waals surface area contributed by atoms with Crippen LogP contribution in [0.5, 0.6) is 0 Å². The zero-order chi connectivity index (χ0) is 79.1. The minimum Gasteiger partial charge on any atom is -0.506 e. The van der Waals surface area contributed by atoms with Crippen LogP contribution in [0.25, 0.3) is 90.6 Å². The Bertz CT molecular complexity index is 5420. The molecule has 0 aliphatic rings. The van der Waals surface area contributed by atoms with Gasteiger partial charge in [-0.25, -0.2) is 0 Å². The number of benzene rings is 3. The fourth-order valence-electron chi connectivity index (χ4n) is 17.4. The molecule has 16 heteroatoms. The van der Waals surface area contributed by atoms with E-state index in [9.17, 15) is 39.6 Å². The Hall–Kier alpha value is -11.3. The van der Waals surface area contributed by atoms with Crippen LogP contribution in [-0.4, -0.2) is 83.4 Å². The van der Waals surface area contributed by atoms with E-state index in [2.05, 4.69) is 113 Å².